The molecule has 2 amide bonds. The van der Waals surface area contributed by atoms with Crippen molar-refractivity contribution in [2.45, 2.75) is 6.54 Å². The van der Waals surface area contributed by atoms with E-state index < -0.39 is 5.91 Å². The number of rotatable bonds is 6. The van der Waals surface area contributed by atoms with Crippen LogP contribution in [0.15, 0.2) is 66.9 Å². The van der Waals surface area contributed by atoms with Crippen molar-refractivity contribution in [2.24, 2.45) is 0 Å². The Kier molecular flexibility index (Phi) is 6.03. The average Bonchev–Trinajstić information content (AvgIpc) is 3.27. The SMILES string of the molecule is O=C(NCC(=O)N1CCN(c2ccccc2)CC1)c1cn(Cc2ccccc2)nn1. The molecule has 1 N–H and O–H groups in total. The first kappa shape index (κ1) is 19.6. The summed E-state index contributed by atoms with van der Waals surface area (Å²) in [5.74, 6) is -0.488. The molecular weight excluding hydrogens is 380 g/mol. The van der Waals surface area contributed by atoms with Crippen LogP contribution >= 0.6 is 0 Å². The first-order chi connectivity index (χ1) is 14.7. The van der Waals surface area contributed by atoms with E-state index in [2.05, 4.69) is 32.7 Å². The highest BCUT2D eigenvalue weighted by Gasteiger charge is 2.22. The van der Waals surface area contributed by atoms with E-state index in [1.54, 1.807) is 15.8 Å². The quantitative estimate of drug-likeness (QED) is 0.672. The third-order valence-corrected chi connectivity index (χ3v) is 5.11. The largest absolute Gasteiger partial charge is 0.368 e. The van der Waals surface area contributed by atoms with Crippen LogP contribution in [0.1, 0.15) is 16.1 Å². The topological polar surface area (TPSA) is 83.4 Å². The summed E-state index contributed by atoms with van der Waals surface area (Å²) >= 11 is 0. The number of benzene rings is 2. The lowest BCUT2D eigenvalue weighted by Crippen LogP contribution is -2.51. The van der Waals surface area contributed by atoms with Crippen molar-refractivity contribution in [1.82, 2.24) is 25.2 Å². The van der Waals surface area contributed by atoms with Crippen molar-refractivity contribution in [3.8, 4) is 0 Å². The molecule has 4 rings (SSSR count). The Morgan fingerprint density at radius 2 is 1.57 bits per heavy atom. The van der Waals surface area contributed by atoms with Gasteiger partial charge in [-0.2, -0.15) is 0 Å². The molecule has 30 heavy (non-hydrogen) atoms. The minimum Gasteiger partial charge on any atom is -0.368 e. The van der Waals surface area contributed by atoms with Crippen LogP contribution in [0, 0.1) is 0 Å². The van der Waals surface area contributed by atoms with Crippen molar-refractivity contribution in [3.63, 3.8) is 0 Å². The molecule has 154 valence electrons. The Morgan fingerprint density at radius 1 is 0.900 bits per heavy atom. The molecule has 1 fully saturated rings. The number of carbonyl (C=O) groups is 2. The predicted molar refractivity (Wildman–Crippen MR) is 113 cm³/mol. The molecule has 3 aromatic rings. The summed E-state index contributed by atoms with van der Waals surface area (Å²) in [5, 5.41) is 10.6. The lowest BCUT2D eigenvalue weighted by atomic mass is 10.2. The maximum absolute atomic E-state index is 12.5. The zero-order valence-electron chi connectivity index (χ0n) is 16.6. The molecule has 8 nitrogen and oxygen atoms in total. The summed E-state index contributed by atoms with van der Waals surface area (Å²) < 4.78 is 1.61. The van der Waals surface area contributed by atoms with Crippen LogP contribution in [-0.4, -0.2) is 64.4 Å². The van der Waals surface area contributed by atoms with E-state index in [0.29, 0.717) is 19.6 Å². The minimum atomic E-state index is -0.398. The second-order valence-corrected chi connectivity index (χ2v) is 7.17. The maximum atomic E-state index is 12.5. The smallest absolute Gasteiger partial charge is 0.273 e. The van der Waals surface area contributed by atoms with E-state index >= 15 is 0 Å². The van der Waals surface area contributed by atoms with E-state index in [0.717, 1.165) is 24.3 Å². The molecule has 1 aromatic heterocycles. The van der Waals surface area contributed by atoms with E-state index in [1.165, 1.54) is 0 Å². The number of para-hydroxylation sites is 1. The van der Waals surface area contributed by atoms with Crippen LogP contribution in [0.25, 0.3) is 0 Å². The van der Waals surface area contributed by atoms with Gasteiger partial charge in [0.15, 0.2) is 5.69 Å². The molecule has 0 saturated carbocycles. The van der Waals surface area contributed by atoms with Crippen LogP contribution in [0.2, 0.25) is 0 Å². The second-order valence-electron chi connectivity index (χ2n) is 7.17. The van der Waals surface area contributed by atoms with Crippen LogP contribution in [0.5, 0.6) is 0 Å². The summed E-state index contributed by atoms with van der Waals surface area (Å²) in [7, 11) is 0. The van der Waals surface area contributed by atoms with Crippen LogP contribution in [-0.2, 0) is 11.3 Å². The Morgan fingerprint density at radius 3 is 2.27 bits per heavy atom. The number of piperazine rings is 1. The molecule has 1 saturated heterocycles. The lowest BCUT2D eigenvalue weighted by Gasteiger charge is -2.36. The first-order valence-electron chi connectivity index (χ1n) is 9.99. The molecule has 0 aliphatic carbocycles. The Labute approximate surface area is 175 Å². The van der Waals surface area contributed by atoms with Gasteiger partial charge >= 0.3 is 0 Å². The molecular formula is C22H24N6O2. The van der Waals surface area contributed by atoms with Gasteiger partial charge in [-0.15, -0.1) is 5.10 Å². The minimum absolute atomic E-state index is 0.0459. The molecule has 0 radical (unpaired) electrons. The fourth-order valence-corrected chi connectivity index (χ4v) is 3.46. The van der Waals surface area contributed by atoms with Gasteiger partial charge in [0.1, 0.15) is 0 Å². The number of aromatic nitrogens is 3. The zero-order valence-corrected chi connectivity index (χ0v) is 16.6. The van der Waals surface area contributed by atoms with Crippen molar-refractivity contribution in [2.75, 3.05) is 37.6 Å². The van der Waals surface area contributed by atoms with E-state index in [9.17, 15) is 9.59 Å². The van der Waals surface area contributed by atoms with Gasteiger partial charge in [0.05, 0.1) is 19.3 Å². The van der Waals surface area contributed by atoms with Gasteiger partial charge in [-0.1, -0.05) is 53.7 Å². The summed E-state index contributed by atoms with van der Waals surface area (Å²) in [5.41, 5.74) is 2.43. The summed E-state index contributed by atoms with van der Waals surface area (Å²) in [6.45, 7) is 3.31. The number of hydrogen-bond donors (Lipinski definition) is 1. The molecule has 0 spiro atoms. The zero-order chi connectivity index (χ0) is 20.8. The van der Waals surface area contributed by atoms with Gasteiger partial charge in [0.2, 0.25) is 5.91 Å². The molecule has 0 bridgehead atoms. The number of amides is 2. The highest BCUT2D eigenvalue weighted by Crippen LogP contribution is 2.15. The molecule has 2 heterocycles. The van der Waals surface area contributed by atoms with Crippen molar-refractivity contribution in [1.29, 1.82) is 0 Å². The van der Waals surface area contributed by atoms with Crippen LogP contribution in [0.3, 0.4) is 0 Å². The van der Waals surface area contributed by atoms with Gasteiger partial charge in [0, 0.05) is 31.9 Å². The Balaban J connectivity index is 1.24. The molecule has 8 heteroatoms. The molecule has 1 aliphatic heterocycles. The number of carbonyl (C=O) groups excluding carboxylic acids is 2. The standard InChI is InChI=1S/C22H24N6O2/c29-21(27-13-11-26(12-14-27)19-9-5-2-6-10-19)15-23-22(30)20-17-28(25-24-20)16-18-7-3-1-4-8-18/h1-10,17H,11-16H2,(H,23,30). The number of anilines is 1. The van der Waals surface area contributed by atoms with Crippen molar-refractivity contribution in [3.05, 3.63) is 78.1 Å². The molecule has 1 aliphatic rings. The summed E-state index contributed by atoms with van der Waals surface area (Å²) in [4.78, 5) is 28.8. The predicted octanol–water partition coefficient (Wildman–Crippen LogP) is 1.40. The van der Waals surface area contributed by atoms with Crippen molar-refractivity contribution < 1.29 is 9.59 Å². The monoisotopic (exact) mass is 404 g/mol. The van der Waals surface area contributed by atoms with Gasteiger partial charge in [-0.25, -0.2) is 4.68 Å². The normalized spacial score (nSPS) is 13.9. The van der Waals surface area contributed by atoms with E-state index in [1.807, 2.05) is 48.5 Å². The number of nitrogens with one attached hydrogen (secondary N) is 1. The lowest BCUT2D eigenvalue weighted by molar-refractivity contribution is -0.130. The maximum Gasteiger partial charge on any atom is 0.273 e. The second kappa shape index (κ2) is 9.21. The van der Waals surface area contributed by atoms with Crippen LogP contribution < -0.4 is 10.2 Å². The highest BCUT2D eigenvalue weighted by molar-refractivity contribution is 5.94. The van der Waals surface area contributed by atoms with Crippen LogP contribution in [0.4, 0.5) is 5.69 Å². The number of hydrogen-bond acceptors (Lipinski definition) is 5. The fourth-order valence-electron chi connectivity index (χ4n) is 3.46. The third-order valence-electron chi connectivity index (χ3n) is 5.11. The Hall–Kier alpha value is -3.68. The molecule has 2 aromatic carbocycles. The third kappa shape index (κ3) is 4.83. The van der Waals surface area contributed by atoms with Gasteiger partial charge in [-0.05, 0) is 17.7 Å². The summed E-state index contributed by atoms with van der Waals surface area (Å²) in [6, 6.07) is 20.0. The average molecular weight is 404 g/mol. The number of nitrogens with zero attached hydrogens (tertiary/aromatic N) is 5. The summed E-state index contributed by atoms with van der Waals surface area (Å²) in [6.07, 6.45) is 1.59. The van der Waals surface area contributed by atoms with Gasteiger partial charge < -0.3 is 15.1 Å². The first-order valence-corrected chi connectivity index (χ1v) is 9.99. The van der Waals surface area contributed by atoms with E-state index in [4.69, 9.17) is 0 Å². The molecule has 0 unspecified atom stereocenters. The molecule has 0 atom stereocenters. The van der Waals surface area contributed by atoms with E-state index in [-0.39, 0.29) is 18.1 Å². The van der Waals surface area contributed by atoms with Crippen molar-refractivity contribution >= 4 is 17.5 Å². The fraction of sp³-hybridized carbons (Fsp3) is 0.273. The van der Waals surface area contributed by atoms with Gasteiger partial charge in [0.25, 0.3) is 5.91 Å². The highest BCUT2D eigenvalue weighted by atomic mass is 16.2. The van der Waals surface area contributed by atoms with Gasteiger partial charge in [-0.3, -0.25) is 9.59 Å². The Bertz CT molecular complexity index is 981.